The third-order valence-electron chi connectivity index (χ3n) is 8.86. The number of carbonyl (C=O) groups excluding carboxylic acids is 3. The number of aliphatic hydroxyl groups excluding tert-OH is 2. The molecule has 9 N–H and O–H groups in total. The van der Waals surface area contributed by atoms with E-state index in [0.717, 1.165) is 0 Å². The summed E-state index contributed by atoms with van der Waals surface area (Å²) >= 11 is 0. The first-order valence-electron chi connectivity index (χ1n) is 18.0. The molecule has 1 unspecified atom stereocenters. The van der Waals surface area contributed by atoms with Crippen molar-refractivity contribution in [2.75, 3.05) is 0 Å². The van der Waals surface area contributed by atoms with Crippen molar-refractivity contribution in [2.24, 2.45) is 0 Å². The molecule has 0 spiro atoms. The first-order valence-corrected chi connectivity index (χ1v) is 18.0. The number of carboxylic acid groups (broad SMARTS) is 3. The van der Waals surface area contributed by atoms with Gasteiger partial charge in [0.1, 0.15) is 28.9 Å². The van der Waals surface area contributed by atoms with Crippen LogP contribution >= 0.6 is 0 Å². The highest BCUT2D eigenvalue weighted by atomic mass is 16.4. The normalized spacial score (nSPS) is 10.8. The van der Waals surface area contributed by atoms with Crippen LogP contribution in [0.5, 0.6) is 23.0 Å². The zero-order chi connectivity index (χ0) is 44.8. The van der Waals surface area contributed by atoms with Gasteiger partial charge in [-0.25, -0.2) is 9.59 Å². The lowest BCUT2D eigenvalue weighted by molar-refractivity contribution is -0.142. The Hall–Kier alpha value is -8.14. The molecule has 0 amide bonds. The van der Waals surface area contributed by atoms with Gasteiger partial charge in [-0.1, -0.05) is 72.8 Å². The Labute approximate surface area is 346 Å². The van der Waals surface area contributed by atoms with Gasteiger partial charge in [0.25, 0.3) is 0 Å². The second-order valence-corrected chi connectivity index (χ2v) is 13.1. The minimum atomic E-state index is -1.31. The lowest BCUT2D eigenvalue weighted by Gasteiger charge is -2.12. The highest BCUT2D eigenvalue weighted by Crippen LogP contribution is 2.26. The molecule has 0 bridgehead atoms. The second kappa shape index (κ2) is 21.0. The lowest BCUT2D eigenvalue weighted by Crippen LogP contribution is -2.23. The van der Waals surface area contributed by atoms with Gasteiger partial charge in [-0.2, -0.15) is 0 Å². The van der Waals surface area contributed by atoms with E-state index in [2.05, 4.69) is 0 Å². The Morgan fingerprint density at radius 3 is 1.54 bits per heavy atom. The molecule has 15 nitrogen and oxygen atoms in total. The number of hydrogen-bond donors (Lipinski definition) is 9. The summed E-state index contributed by atoms with van der Waals surface area (Å²) in [4.78, 5) is 70.5. The van der Waals surface area contributed by atoms with Crippen LogP contribution in [0.1, 0.15) is 80.7 Å². The fourth-order valence-corrected chi connectivity index (χ4v) is 5.78. The molecular formula is C46H38O15. The van der Waals surface area contributed by atoms with Gasteiger partial charge in [-0.05, 0) is 82.9 Å². The quantitative estimate of drug-likeness (QED) is 0.0498. The average Bonchev–Trinajstić information content (AvgIpc) is 3.24. The Kier molecular flexibility index (Phi) is 15.7. The van der Waals surface area contributed by atoms with Crippen LogP contribution in [0.2, 0.25) is 0 Å². The predicted molar refractivity (Wildman–Crippen MR) is 217 cm³/mol. The number of aromatic carboxylic acids is 2. The number of aliphatic hydroxyl groups is 2. The number of benzene rings is 6. The topological polar surface area (TPSA) is 284 Å². The van der Waals surface area contributed by atoms with E-state index in [9.17, 15) is 54.3 Å². The van der Waals surface area contributed by atoms with E-state index in [0.29, 0.717) is 27.8 Å². The number of Topliss-reactive ketones (excluding diaryl/α,β-unsaturated/α-hetero) is 1. The minimum absolute atomic E-state index is 0.00822. The maximum absolute atomic E-state index is 12.4. The van der Waals surface area contributed by atoms with Crippen molar-refractivity contribution in [1.29, 1.82) is 0 Å². The summed E-state index contributed by atoms with van der Waals surface area (Å²) in [7, 11) is 0. The van der Waals surface area contributed by atoms with Crippen molar-refractivity contribution in [2.45, 2.75) is 25.6 Å². The van der Waals surface area contributed by atoms with E-state index >= 15 is 0 Å². The van der Waals surface area contributed by atoms with Crippen LogP contribution in [0.4, 0.5) is 0 Å². The van der Waals surface area contributed by atoms with Crippen LogP contribution in [0, 0.1) is 0 Å². The molecule has 6 aromatic rings. The number of aromatic hydroxyl groups is 4. The van der Waals surface area contributed by atoms with Crippen LogP contribution in [-0.2, 0) is 29.2 Å². The Balaban J connectivity index is 0.000000202. The highest BCUT2D eigenvalue weighted by molar-refractivity contribution is 6.16. The fourth-order valence-electron chi connectivity index (χ4n) is 5.78. The number of phenols is 4. The van der Waals surface area contributed by atoms with E-state index in [1.807, 2.05) is 0 Å². The van der Waals surface area contributed by atoms with Gasteiger partial charge in [0.2, 0.25) is 0 Å². The molecule has 61 heavy (non-hydrogen) atoms. The van der Waals surface area contributed by atoms with Crippen LogP contribution in [0.3, 0.4) is 0 Å². The Morgan fingerprint density at radius 1 is 0.459 bits per heavy atom. The molecule has 6 rings (SSSR count). The molecule has 0 aliphatic rings. The summed E-state index contributed by atoms with van der Waals surface area (Å²) in [5, 5.41) is 83.0. The van der Waals surface area contributed by atoms with Gasteiger partial charge in [-0.15, -0.1) is 0 Å². The molecule has 0 heterocycles. The number of phenolic OH excluding ortho intramolecular Hbond substituents is 4. The van der Waals surface area contributed by atoms with Gasteiger partial charge < -0.3 is 46.0 Å². The van der Waals surface area contributed by atoms with E-state index in [1.165, 1.54) is 109 Å². The fraction of sp³-hybridized carbons (Fsp3) is 0.0870. The largest absolute Gasteiger partial charge is 0.508 e. The number of rotatable bonds is 13. The van der Waals surface area contributed by atoms with Crippen molar-refractivity contribution in [3.8, 4) is 23.0 Å². The molecule has 1 atom stereocenters. The Morgan fingerprint density at radius 2 is 1.00 bits per heavy atom. The molecule has 0 aromatic heterocycles. The molecule has 0 saturated heterocycles. The van der Waals surface area contributed by atoms with Crippen LogP contribution in [0.25, 0.3) is 0 Å². The van der Waals surface area contributed by atoms with E-state index < -0.39 is 46.9 Å². The molecule has 312 valence electrons. The molecule has 0 saturated carbocycles. The van der Waals surface area contributed by atoms with E-state index in [1.54, 1.807) is 24.3 Å². The maximum atomic E-state index is 12.4. The average molecular weight is 831 g/mol. The summed E-state index contributed by atoms with van der Waals surface area (Å²) in [6.45, 7) is -0.404. The molecule has 0 fully saturated rings. The van der Waals surface area contributed by atoms with Crippen molar-refractivity contribution in [1.82, 2.24) is 0 Å². The summed E-state index contributed by atoms with van der Waals surface area (Å²) < 4.78 is 0. The summed E-state index contributed by atoms with van der Waals surface area (Å²) in [5.41, 5.74) is 1.85. The minimum Gasteiger partial charge on any atom is -0.508 e. The number of hydrogen-bond acceptors (Lipinski definition) is 12. The van der Waals surface area contributed by atoms with Crippen LogP contribution in [0.15, 0.2) is 133 Å². The maximum Gasteiger partial charge on any atom is 0.336 e. The highest BCUT2D eigenvalue weighted by Gasteiger charge is 2.28. The number of carboxylic acids is 3. The van der Waals surface area contributed by atoms with Crippen LogP contribution in [-0.4, -0.2) is 81.2 Å². The van der Waals surface area contributed by atoms with Crippen molar-refractivity contribution >= 4 is 35.3 Å². The van der Waals surface area contributed by atoms with Gasteiger partial charge >= 0.3 is 17.9 Å². The van der Waals surface area contributed by atoms with E-state index in [-0.39, 0.29) is 64.7 Å². The van der Waals surface area contributed by atoms with E-state index in [4.69, 9.17) is 20.4 Å². The summed E-state index contributed by atoms with van der Waals surface area (Å²) in [6, 6.07) is 31.3. The summed E-state index contributed by atoms with van der Waals surface area (Å²) in [6.07, 6.45) is -0.0435. The Bertz CT molecular complexity index is 2540. The van der Waals surface area contributed by atoms with Crippen LogP contribution < -0.4 is 0 Å². The third-order valence-corrected chi connectivity index (χ3v) is 8.86. The first-order chi connectivity index (χ1) is 29.0. The standard InChI is InChI=1S/2C16H14O5.C14H10O5/c17-12-5-1-10(2-6-12)9-14(19)15(16(20)21)11-3-7-13(18)8-4-11;17-8-10-1-4-12(5-2-10)15(19)14-7-11(9-18)3-6-13(14)16(20)21;15-9-4-1-3-8(7-9)13(17)12-10(14(18)19)5-2-6-11(12)16/h1-8,15,17-18H,9H2,(H,20,21);1-7,17-18H,8-9H2,(H,20,21);1-7,15-16H,(H,18,19). The van der Waals surface area contributed by atoms with Gasteiger partial charge in [0.05, 0.1) is 29.9 Å². The van der Waals surface area contributed by atoms with Crippen molar-refractivity contribution in [3.05, 3.63) is 189 Å². The van der Waals surface area contributed by atoms with Crippen molar-refractivity contribution in [3.63, 3.8) is 0 Å². The predicted octanol–water partition coefficient (Wildman–Crippen LogP) is 5.71. The van der Waals surface area contributed by atoms with Gasteiger partial charge in [0.15, 0.2) is 17.3 Å². The smallest absolute Gasteiger partial charge is 0.336 e. The number of carbonyl (C=O) groups is 6. The SMILES string of the molecule is O=C(O)C(C(=O)Cc1ccc(O)cc1)c1ccc(O)cc1.O=C(O)c1ccc(CO)cc1C(=O)c1ccc(CO)cc1.O=C(O)c1cccc(O)c1C(=O)c1cccc(O)c1. The number of aliphatic carboxylic acids is 1. The molecule has 0 radical (unpaired) electrons. The zero-order valence-corrected chi connectivity index (χ0v) is 31.9. The lowest BCUT2D eigenvalue weighted by atomic mass is 9.91. The molecule has 15 heteroatoms. The van der Waals surface area contributed by atoms with Gasteiger partial charge in [0, 0.05) is 23.1 Å². The first kappa shape index (κ1) is 45.6. The molecular weight excluding hydrogens is 792 g/mol. The molecule has 0 aliphatic carbocycles. The molecule has 0 aliphatic heterocycles. The zero-order valence-electron chi connectivity index (χ0n) is 31.9. The van der Waals surface area contributed by atoms with Crippen molar-refractivity contribution < 1.29 is 74.7 Å². The second-order valence-electron chi connectivity index (χ2n) is 13.1. The van der Waals surface area contributed by atoms with Gasteiger partial charge in [-0.3, -0.25) is 19.2 Å². The monoisotopic (exact) mass is 830 g/mol. The molecule has 6 aromatic carbocycles. The third kappa shape index (κ3) is 12.2. The summed E-state index contributed by atoms with van der Waals surface area (Å²) in [5.74, 6) is -7.00. The number of ketones is 3.